The van der Waals surface area contributed by atoms with Crippen molar-refractivity contribution in [2.75, 3.05) is 32.5 Å². The van der Waals surface area contributed by atoms with Gasteiger partial charge in [-0.3, -0.25) is 19.3 Å². The summed E-state index contributed by atoms with van der Waals surface area (Å²) in [6.45, 7) is 0.907. The lowest BCUT2D eigenvalue weighted by Crippen LogP contribution is -2.45. The van der Waals surface area contributed by atoms with Crippen LogP contribution in [0.5, 0.6) is 0 Å². The van der Waals surface area contributed by atoms with Crippen molar-refractivity contribution < 1.29 is 14.4 Å². The highest BCUT2D eigenvalue weighted by atomic mass is 16.2. The van der Waals surface area contributed by atoms with Crippen LogP contribution in [0.4, 0.5) is 5.69 Å². The average molecular weight is 358 g/mol. The molecule has 1 aromatic rings. The quantitative estimate of drug-likeness (QED) is 0.797. The van der Waals surface area contributed by atoms with Gasteiger partial charge in [-0.2, -0.15) is 0 Å². The first kappa shape index (κ1) is 18.4. The van der Waals surface area contributed by atoms with Gasteiger partial charge in [0, 0.05) is 31.4 Å². The van der Waals surface area contributed by atoms with E-state index < -0.39 is 0 Å². The van der Waals surface area contributed by atoms with Gasteiger partial charge in [-0.15, -0.1) is 0 Å². The molecule has 1 heterocycles. The summed E-state index contributed by atoms with van der Waals surface area (Å²) in [6, 6.07) is 7.00. The fourth-order valence-electron chi connectivity index (χ4n) is 3.21. The minimum atomic E-state index is -0.230. The summed E-state index contributed by atoms with van der Waals surface area (Å²) in [6.07, 6.45) is 3.76. The van der Waals surface area contributed by atoms with Crippen LogP contribution in [0.3, 0.4) is 0 Å². The Bertz CT molecular complexity index is 700. The summed E-state index contributed by atoms with van der Waals surface area (Å²) < 4.78 is 0. The molecule has 1 atom stereocenters. The van der Waals surface area contributed by atoms with Gasteiger partial charge in [-0.25, -0.2) is 0 Å². The largest absolute Gasteiger partial charge is 0.349 e. The lowest BCUT2D eigenvalue weighted by molar-refractivity contribution is -0.133. The van der Waals surface area contributed by atoms with E-state index in [2.05, 4.69) is 10.6 Å². The number of nitrogens with zero attached hydrogens (tertiary/aromatic N) is 2. The second-order valence-electron chi connectivity index (χ2n) is 7.24. The molecule has 3 rings (SSSR count). The number of amides is 3. The molecule has 1 unspecified atom stereocenters. The maximum absolute atomic E-state index is 12.4. The summed E-state index contributed by atoms with van der Waals surface area (Å²) in [5.41, 5.74) is 1.13. The summed E-state index contributed by atoms with van der Waals surface area (Å²) >= 11 is 0. The lowest BCUT2D eigenvalue weighted by atomic mass is 10.2. The number of carbonyl (C=O) groups is 3. The van der Waals surface area contributed by atoms with Gasteiger partial charge in [-0.05, 0) is 50.4 Å². The molecule has 1 aliphatic carbocycles. The maximum atomic E-state index is 12.4. The first-order chi connectivity index (χ1) is 12.4. The molecule has 0 bridgehead atoms. The van der Waals surface area contributed by atoms with Crippen LogP contribution in [0, 0.1) is 0 Å². The van der Waals surface area contributed by atoms with E-state index in [1.807, 2.05) is 4.90 Å². The van der Waals surface area contributed by atoms with Crippen molar-refractivity contribution in [2.45, 2.75) is 37.8 Å². The molecular formula is C19H26N4O3. The van der Waals surface area contributed by atoms with Crippen molar-refractivity contribution in [2.24, 2.45) is 0 Å². The predicted molar refractivity (Wildman–Crippen MR) is 98.8 cm³/mol. The molecule has 26 heavy (non-hydrogen) atoms. The Morgan fingerprint density at radius 2 is 1.96 bits per heavy atom. The first-order valence-electron chi connectivity index (χ1n) is 9.10. The van der Waals surface area contributed by atoms with Gasteiger partial charge in [0.25, 0.3) is 5.91 Å². The number of nitrogens with one attached hydrogen (secondary N) is 2. The SMILES string of the molecule is CN(C)C(=O)C1CCCN1CC(=O)Nc1cccc(C(=O)NC2CC2)c1. The van der Waals surface area contributed by atoms with Gasteiger partial charge in [0.15, 0.2) is 0 Å². The zero-order valence-electron chi connectivity index (χ0n) is 15.3. The molecule has 0 aromatic heterocycles. The topological polar surface area (TPSA) is 81.8 Å². The van der Waals surface area contributed by atoms with Gasteiger partial charge in [0.2, 0.25) is 11.8 Å². The van der Waals surface area contributed by atoms with Crippen LogP contribution in [0.25, 0.3) is 0 Å². The van der Waals surface area contributed by atoms with Gasteiger partial charge in [0.05, 0.1) is 12.6 Å². The predicted octanol–water partition coefficient (Wildman–Crippen LogP) is 1.07. The highest BCUT2D eigenvalue weighted by Crippen LogP contribution is 2.21. The Morgan fingerprint density at radius 3 is 2.65 bits per heavy atom. The average Bonchev–Trinajstić information content (AvgIpc) is 3.30. The summed E-state index contributed by atoms with van der Waals surface area (Å²) in [5.74, 6) is -0.253. The van der Waals surface area contributed by atoms with E-state index in [1.165, 1.54) is 0 Å². The second kappa shape index (κ2) is 7.86. The van der Waals surface area contributed by atoms with Crippen molar-refractivity contribution in [1.82, 2.24) is 15.1 Å². The molecule has 0 spiro atoms. The number of likely N-dealkylation sites (tertiary alicyclic amines) is 1. The van der Waals surface area contributed by atoms with Crippen molar-refractivity contribution >= 4 is 23.4 Å². The van der Waals surface area contributed by atoms with Crippen LogP contribution in [0.2, 0.25) is 0 Å². The Balaban J connectivity index is 1.57. The smallest absolute Gasteiger partial charge is 0.251 e. The molecule has 1 saturated carbocycles. The maximum Gasteiger partial charge on any atom is 0.251 e. The molecule has 7 heteroatoms. The standard InChI is InChI=1S/C19H26N4O3/c1-22(2)19(26)16-7-4-10-23(16)12-17(24)20-15-6-3-5-13(11-15)18(25)21-14-8-9-14/h3,5-6,11,14,16H,4,7-10,12H2,1-2H3,(H,20,24)(H,21,25). The van der Waals surface area contributed by atoms with E-state index in [0.29, 0.717) is 17.3 Å². The van der Waals surface area contributed by atoms with Crippen molar-refractivity contribution in [3.63, 3.8) is 0 Å². The molecule has 0 radical (unpaired) electrons. The Morgan fingerprint density at radius 1 is 1.19 bits per heavy atom. The number of benzene rings is 1. The number of hydrogen-bond acceptors (Lipinski definition) is 4. The zero-order valence-corrected chi connectivity index (χ0v) is 15.3. The Kier molecular flexibility index (Phi) is 5.56. The van der Waals surface area contributed by atoms with Crippen molar-refractivity contribution in [1.29, 1.82) is 0 Å². The fraction of sp³-hybridized carbons (Fsp3) is 0.526. The minimum Gasteiger partial charge on any atom is -0.349 e. The highest BCUT2D eigenvalue weighted by molar-refractivity contribution is 5.98. The molecule has 1 aliphatic heterocycles. The van der Waals surface area contributed by atoms with Gasteiger partial charge in [0.1, 0.15) is 0 Å². The van der Waals surface area contributed by atoms with Crippen LogP contribution < -0.4 is 10.6 Å². The molecule has 140 valence electrons. The Labute approximate surface area is 153 Å². The molecule has 2 N–H and O–H groups in total. The number of anilines is 1. The van der Waals surface area contributed by atoms with Crippen molar-refractivity contribution in [3.8, 4) is 0 Å². The molecule has 2 aliphatic rings. The first-order valence-corrected chi connectivity index (χ1v) is 9.10. The number of carbonyl (C=O) groups excluding carboxylic acids is 3. The Hall–Kier alpha value is -2.41. The van der Waals surface area contributed by atoms with E-state index in [0.717, 1.165) is 32.2 Å². The molecular weight excluding hydrogens is 332 g/mol. The van der Waals surface area contributed by atoms with Crippen molar-refractivity contribution in [3.05, 3.63) is 29.8 Å². The zero-order chi connectivity index (χ0) is 18.7. The highest BCUT2D eigenvalue weighted by Gasteiger charge is 2.32. The van der Waals surface area contributed by atoms with E-state index in [9.17, 15) is 14.4 Å². The summed E-state index contributed by atoms with van der Waals surface area (Å²) in [7, 11) is 3.47. The van der Waals surface area contributed by atoms with E-state index in [-0.39, 0.29) is 30.3 Å². The lowest BCUT2D eigenvalue weighted by Gasteiger charge is -2.25. The normalized spacial score (nSPS) is 19.8. The third kappa shape index (κ3) is 4.60. The van der Waals surface area contributed by atoms with Crippen LogP contribution in [-0.4, -0.2) is 66.8 Å². The summed E-state index contributed by atoms with van der Waals surface area (Å²) in [5, 5.41) is 5.77. The molecule has 7 nitrogen and oxygen atoms in total. The monoisotopic (exact) mass is 358 g/mol. The van der Waals surface area contributed by atoms with Crippen LogP contribution >= 0.6 is 0 Å². The number of likely N-dealkylation sites (N-methyl/N-ethyl adjacent to an activating group) is 1. The minimum absolute atomic E-state index is 0.0362. The van der Waals surface area contributed by atoms with Crippen LogP contribution in [-0.2, 0) is 9.59 Å². The van der Waals surface area contributed by atoms with Gasteiger partial charge in [-0.1, -0.05) is 6.07 Å². The third-order valence-corrected chi connectivity index (χ3v) is 4.76. The summed E-state index contributed by atoms with van der Waals surface area (Å²) in [4.78, 5) is 40.2. The molecule has 2 fully saturated rings. The molecule has 1 saturated heterocycles. The van der Waals surface area contributed by atoms with E-state index in [1.54, 1.807) is 43.3 Å². The number of rotatable bonds is 6. The van der Waals surface area contributed by atoms with Gasteiger partial charge >= 0.3 is 0 Å². The van der Waals surface area contributed by atoms with Crippen LogP contribution in [0.1, 0.15) is 36.0 Å². The number of hydrogen-bond donors (Lipinski definition) is 2. The van der Waals surface area contributed by atoms with E-state index in [4.69, 9.17) is 0 Å². The molecule has 1 aromatic carbocycles. The fourth-order valence-corrected chi connectivity index (χ4v) is 3.21. The van der Waals surface area contributed by atoms with Gasteiger partial charge < -0.3 is 15.5 Å². The van der Waals surface area contributed by atoms with Crippen LogP contribution in [0.15, 0.2) is 24.3 Å². The third-order valence-electron chi connectivity index (χ3n) is 4.76. The van der Waals surface area contributed by atoms with E-state index >= 15 is 0 Å². The second-order valence-corrected chi connectivity index (χ2v) is 7.24. The molecule has 3 amide bonds.